The smallest absolute Gasteiger partial charge is 0.243 e. The van der Waals surface area contributed by atoms with Crippen LogP contribution >= 0.6 is 0 Å². The number of hydrogen-bond acceptors (Lipinski definition) is 4. The van der Waals surface area contributed by atoms with Crippen molar-refractivity contribution in [2.45, 2.75) is 37.0 Å². The van der Waals surface area contributed by atoms with Gasteiger partial charge in [-0.25, -0.2) is 12.8 Å². The summed E-state index contributed by atoms with van der Waals surface area (Å²) in [5.41, 5.74) is 1.27. The summed E-state index contributed by atoms with van der Waals surface area (Å²) in [5.74, 6) is -1.16. The number of anilines is 2. The van der Waals surface area contributed by atoms with Crippen LogP contribution in [0.25, 0.3) is 0 Å². The van der Waals surface area contributed by atoms with E-state index in [9.17, 15) is 17.6 Å². The highest BCUT2D eigenvalue weighted by atomic mass is 32.2. The van der Waals surface area contributed by atoms with Crippen molar-refractivity contribution < 1.29 is 17.6 Å². The van der Waals surface area contributed by atoms with Crippen LogP contribution < -0.4 is 10.2 Å². The SMILES string of the molecule is O=C(Nc1cc(F)ccc1N1CCCCC1)C1CCCN(S(=O)(=O)c2ccccc2)C1. The Morgan fingerprint density at radius 1 is 0.968 bits per heavy atom. The molecule has 1 unspecified atom stereocenters. The number of hydrogen-bond donors (Lipinski definition) is 1. The third kappa shape index (κ3) is 4.91. The van der Waals surface area contributed by atoms with Crippen molar-refractivity contribution in [1.82, 2.24) is 4.31 Å². The number of halogens is 1. The summed E-state index contributed by atoms with van der Waals surface area (Å²) in [7, 11) is -3.65. The Bertz CT molecular complexity index is 1020. The lowest BCUT2D eigenvalue weighted by atomic mass is 9.98. The highest BCUT2D eigenvalue weighted by Crippen LogP contribution is 2.31. The fourth-order valence-electron chi connectivity index (χ4n) is 4.37. The highest BCUT2D eigenvalue weighted by Gasteiger charge is 2.33. The molecule has 0 saturated carbocycles. The molecule has 0 bridgehead atoms. The van der Waals surface area contributed by atoms with E-state index < -0.39 is 21.8 Å². The quantitative estimate of drug-likeness (QED) is 0.759. The number of nitrogens with one attached hydrogen (secondary N) is 1. The second kappa shape index (κ2) is 9.36. The molecular weight excluding hydrogens is 417 g/mol. The monoisotopic (exact) mass is 445 g/mol. The van der Waals surface area contributed by atoms with Gasteiger partial charge in [0, 0.05) is 26.2 Å². The molecule has 8 heteroatoms. The van der Waals surface area contributed by atoms with Crippen LogP contribution in [0.5, 0.6) is 0 Å². The first-order valence-corrected chi connectivity index (χ1v) is 12.3. The second-order valence-electron chi connectivity index (χ2n) is 8.21. The van der Waals surface area contributed by atoms with Crippen molar-refractivity contribution in [3.63, 3.8) is 0 Å². The Hall–Kier alpha value is -2.45. The molecule has 2 saturated heterocycles. The van der Waals surface area contributed by atoms with Crippen molar-refractivity contribution in [1.29, 1.82) is 0 Å². The van der Waals surface area contributed by atoms with Gasteiger partial charge in [-0.15, -0.1) is 0 Å². The van der Waals surface area contributed by atoms with E-state index in [4.69, 9.17) is 0 Å². The van der Waals surface area contributed by atoms with Gasteiger partial charge in [0.15, 0.2) is 0 Å². The fraction of sp³-hybridized carbons (Fsp3) is 0.435. The average molecular weight is 446 g/mol. The first kappa shape index (κ1) is 21.8. The summed E-state index contributed by atoms with van der Waals surface area (Å²) in [6.45, 7) is 2.26. The summed E-state index contributed by atoms with van der Waals surface area (Å²) in [6.07, 6.45) is 4.51. The Kier molecular flexibility index (Phi) is 6.57. The molecule has 31 heavy (non-hydrogen) atoms. The Morgan fingerprint density at radius 2 is 1.71 bits per heavy atom. The molecule has 2 aromatic carbocycles. The van der Waals surface area contributed by atoms with Crippen LogP contribution in [-0.2, 0) is 14.8 Å². The normalized spacial score (nSPS) is 20.4. The minimum absolute atomic E-state index is 0.122. The van der Waals surface area contributed by atoms with Crippen molar-refractivity contribution in [2.75, 3.05) is 36.4 Å². The average Bonchev–Trinajstić information content (AvgIpc) is 2.80. The number of carbonyl (C=O) groups excluding carboxylic acids is 1. The molecule has 2 aliphatic heterocycles. The first-order chi connectivity index (χ1) is 14.9. The number of benzene rings is 2. The van der Waals surface area contributed by atoms with Gasteiger partial charge in [-0.2, -0.15) is 4.31 Å². The van der Waals surface area contributed by atoms with Crippen molar-refractivity contribution in [2.24, 2.45) is 5.92 Å². The van der Waals surface area contributed by atoms with Gasteiger partial charge in [-0.05, 0) is 62.4 Å². The van der Waals surface area contributed by atoms with Gasteiger partial charge < -0.3 is 10.2 Å². The zero-order valence-electron chi connectivity index (χ0n) is 17.5. The molecule has 1 N–H and O–H groups in total. The summed E-state index contributed by atoms with van der Waals surface area (Å²) in [6, 6.07) is 12.7. The van der Waals surface area contributed by atoms with Gasteiger partial charge in [-0.3, -0.25) is 4.79 Å². The molecule has 0 aromatic heterocycles. The number of piperidine rings is 2. The largest absolute Gasteiger partial charge is 0.370 e. The fourth-order valence-corrected chi connectivity index (χ4v) is 5.91. The zero-order valence-corrected chi connectivity index (χ0v) is 18.3. The molecule has 6 nitrogen and oxygen atoms in total. The molecule has 0 spiro atoms. The van der Waals surface area contributed by atoms with Crippen molar-refractivity contribution in [3.8, 4) is 0 Å². The molecule has 166 valence electrons. The third-order valence-electron chi connectivity index (χ3n) is 6.05. The first-order valence-electron chi connectivity index (χ1n) is 10.9. The topological polar surface area (TPSA) is 69.7 Å². The van der Waals surface area contributed by atoms with Crippen LogP contribution in [0.2, 0.25) is 0 Å². The lowest BCUT2D eigenvalue weighted by Gasteiger charge is -2.33. The van der Waals surface area contributed by atoms with E-state index in [1.165, 1.54) is 22.9 Å². The second-order valence-corrected chi connectivity index (χ2v) is 10.2. The molecule has 1 atom stereocenters. The molecule has 2 aromatic rings. The predicted molar refractivity (Wildman–Crippen MR) is 119 cm³/mol. The van der Waals surface area contributed by atoms with Crippen LogP contribution in [0.3, 0.4) is 0 Å². The van der Waals surface area contributed by atoms with E-state index >= 15 is 0 Å². The Balaban J connectivity index is 1.50. The number of rotatable bonds is 5. The van der Waals surface area contributed by atoms with Gasteiger partial charge in [0.2, 0.25) is 15.9 Å². The molecule has 0 radical (unpaired) electrons. The molecular formula is C23H28FN3O3S. The lowest BCUT2D eigenvalue weighted by Crippen LogP contribution is -2.43. The van der Waals surface area contributed by atoms with Crippen LogP contribution in [0.15, 0.2) is 53.4 Å². The maximum atomic E-state index is 14.0. The number of nitrogens with zero attached hydrogens (tertiary/aromatic N) is 2. The van der Waals surface area contributed by atoms with Crippen molar-refractivity contribution >= 4 is 27.3 Å². The van der Waals surface area contributed by atoms with Gasteiger partial charge in [0.05, 0.1) is 22.2 Å². The Morgan fingerprint density at radius 3 is 2.45 bits per heavy atom. The molecule has 1 amide bonds. The van der Waals surface area contributed by atoms with Crippen LogP contribution in [-0.4, -0.2) is 44.8 Å². The van der Waals surface area contributed by atoms with E-state index in [1.807, 2.05) is 0 Å². The number of carbonyl (C=O) groups is 1. The molecule has 0 aliphatic carbocycles. The molecule has 2 fully saturated rings. The van der Waals surface area contributed by atoms with Gasteiger partial charge in [0.25, 0.3) is 0 Å². The molecule has 2 aliphatic rings. The van der Waals surface area contributed by atoms with Crippen LogP contribution in [0.4, 0.5) is 15.8 Å². The van der Waals surface area contributed by atoms with Crippen molar-refractivity contribution in [3.05, 3.63) is 54.3 Å². The molecule has 4 rings (SSSR count). The third-order valence-corrected chi connectivity index (χ3v) is 7.93. The van der Waals surface area contributed by atoms with Crippen LogP contribution in [0.1, 0.15) is 32.1 Å². The maximum Gasteiger partial charge on any atom is 0.243 e. The Labute approximate surface area is 183 Å². The van der Waals surface area contributed by atoms with E-state index in [2.05, 4.69) is 10.2 Å². The summed E-state index contributed by atoms with van der Waals surface area (Å²) >= 11 is 0. The lowest BCUT2D eigenvalue weighted by molar-refractivity contribution is -0.120. The number of sulfonamides is 1. The van der Waals surface area contributed by atoms with E-state index in [0.717, 1.165) is 31.6 Å². The van der Waals surface area contributed by atoms with E-state index in [-0.39, 0.29) is 17.3 Å². The minimum atomic E-state index is -3.65. The molecule has 2 heterocycles. The summed E-state index contributed by atoms with van der Waals surface area (Å²) < 4.78 is 41.3. The van der Waals surface area contributed by atoms with E-state index in [1.54, 1.807) is 36.4 Å². The van der Waals surface area contributed by atoms with E-state index in [0.29, 0.717) is 25.1 Å². The van der Waals surface area contributed by atoms with Crippen LogP contribution in [0, 0.1) is 11.7 Å². The predicted octanol–water partition coefficient (Wildman–Crippen LogP) is 3.86. The van der Waals surface area contributed by atoms with Gasteiger partial charge in [-0.1, -0.05) is 18.2 Å². The van der Waals surface area contributed by atoms with Gasteiger partial charge in [0.1, 0.15) is 5.82 Å². The summed E-state index contributed by atoms with van der Waals surface area (Å²) in [4.78, 5) is 15.5. The standard InChI is InChI=1S/C23H28FN3O3S/c24-19-11-12-22(26-13-5-2-6-14-26)21(16-19)25-23(28)18-8-7-15-27(17-18)31(29,30)20-9-3-1-4-10-20/h1,3-4,9-12,16,18H,2,5-8,13-15,17H2,(H,25,28). The maximum absolute atomic E-state index is 14.0. The number of amides is 1. The van der Waals surface area contributed by atoms with Gasteiger partial charge >= 0.3 is 0 Å². The minimum Gasteiger partial charge on any atom is -0.370 e. The zero-order chi connectivity index (χ0) is 21.8. The summed E-state index contributed by atoms with van der Waals surface area (Å²) in [5, 5.41) is 2.89. The highest BCUT2D eigenvalue weighted by molar-refractivity contribution is 7.89.